The van der Waals surface area contributed by atoms with Crippen LogP contribution >= 0.6 is 0 Å². The normalized spacial score (nSPS) is 12.3. The Morgan fingerprint density at radius 3 is 2.57 bits per heavy atom. The zero-order chi connectivity index (χ0) is 15.2. The second kappa shape index (κ2) is 7.04. The Labute approximate surface area is 124 Å². The van der Waals surface area contributed by atoms with E-state index in [0.29, 0.717) is 0 Å². The molecule has 0 saturated carbocycles. The van der Waals surface area contributed by atoms with Crippen molar-refractivity contribution in [1.29, 1.82) is 0 Å². The molecule has 5 heteroatoms. The van der Waals surface area contributed by atoms with E-state index in [0.717, 1.165) is 36.3 Å². The van der Waals surface area contributed by atoms with Crippen LogP contribution in [0.4, 0.5) is 5.69 Å². The molecule has 0 amide bonds. The molecule has 21 heavy (non-hydrogen) atoms. The highest BCUT2D eigenvalue weighted by Crippen LogP contribution is 2.22. The first-order valence-electron chi connectivity index (χ1n) is 7.12. The van der Waals surface area contributed by atoms with Gasteiger partial charge in [0.05, 0.1) is 11.2 Å². The predicted octanol–water partition coefficient (Wildman–Crippen LogP) is 3.78. The van der Waals surface area contributed by atoms with Gasteiger partial charge in [-0.05, 0) is 37.9 Å². The molecule has 0 aliphatic rings. The summed E-state index contributed by atoms with van der Waals surface area (Å²) in [4.78, 5) is 10.3. The summed E-state index contributed by atoms with van der Waals surface area (Å²) in [7, 11) is 0. The maximum Gasteiger partial charge on any atom is 0.269 e. The lowest BCUT2D eigenvalue weighted by atomic mass is 10.0. The SMILES string of the molecule is CCCNC(Cc1ccc([N+](=O)[O-])cc1)c1coc(C)c1. The van der Waals surface area contributed by atoms with Crippen molar-refractivity contribution >= 4 is 5.69 Å². The molecule has 0 radical (unpaired) electrons. The molecule has 1 aromatic heterocycles. The highest BCUT2D eigenvalue weighted by Gasteiger charge is 2.14. The summed E-state index contributed by atoms with van der Waals surface area (Å²) in [5.74, 6) is 0.886. The van der Waals surface area contributed by atoms with Crippen LogP contribution in [0.1, 0.15) is 36.3 Å². The van der Waals surface area contributed by atoms with Gasteiger partial charge in [-0.2, -0.15) is 0 Å². The molecule has 1 unspecified atom stereocenters. The zero-order valence-electron chi connectivity index (χ0n) is 12.3. The van der Waals surface area contributed by atoms with Crippen LogP contribution in [0.15, 0.2) is 41.0 Å². The van der Waals surface area contributed by atoms with E-state index in [4.69, 9.17) is 4.42 Å². The third-order valence-electron chi connectivity index (χ3n) is 3.38. The van der Waals surface area contributed by atoms with E-state index in [9.17, 15) is 10.1 Å². The van der Waals surface area contributed by atoms with Gasteiger partial charge in [0.2, 0.25) is 0 Å². The number of hydrogen-bond donors (Lipinski definition) is 1. The number of aryl methyl sites for hydroxylation is 1. The molecule has 5 nitrogen and oxygen atoms in total. The van der Waals surface area contributed by atoms with Gasteiger partial charge in [-0.25, -0.2) is 0 Å². The highest BCUT2D eigenvalue weighted by molar-refractivity contribution is 5.34. The molecule has 0 spiro atoms. The molecule has 1 atom stereocenters. The Morgan fingerprint density at radius 2 is 2.05 bits per heavy atom. The van der Waals surface area contributed by atoms with Crippen molar-refractivity contribution in [3.63, 3.8) is 0 Å². The molecule has 0 bridgehead atoms. The van der Waals surface area contributed by atoms with Gasteiger partial charge in [0.15, 0.2) is 0 Å². The molecule has 0 aliphatic heterocycles. The number of nitro benzene ring substituents is 1. The molecule has 1 aromatic carbocycles. The first-order chi connectivity index (χ1) is 10.1. The molecular formula is C16H20N2O3. The monoisotopic (exact) mass is 288 g/mol. The van der Waals surface area contributed by atoms with E-state index in [1.807, 2.05) is 25.1 Å². The third kappa shape index (κ3) is 4.16. The lowest BCUT2D eigenvalue weighted by Crippen LogP contribution is -2.23. The number of nitrogens with one attached hydrogen (secondary N) is 1. The van der Waals surface area contributed by atoms with E-state index >= 15 is 0 Å². The van der Waals surface area contributed by atoms with Gasteiger partial charge < -0.3 is 9.73 Å². The van der Waals surface area contributed by atoms with Crippen molar-refractivity contribution < 1.29 is 9.34 Å². The second-order valence-electron chi connectivity index (χ2n) is 5.13. The number of nitrogens with zero attached hydrogens (tertiary/aromatic N) is 1. The molecule has 0 aliphatic carbocycles. The average molecular weight is 288 g/mol. The van der Waals surface area contributed by atoms with Gasteiger partial charge in [0, 0.05) is 23.7 Å². The fourth-order valence-corrected chi connectivity index (χ4v) is 2.26. The third-order valence-corrected chi connectivity index (χ3v) is 3.38. The van der Waals surface area contributed by atoms with Gasteiger partial charge in [-0.3, -0.25) is 10.1 Å². The summed E-state index contributed by atoms with van der Waals surface area (Å²) in [6, 6.07) is 8.90. The largest absolute Gasteiger partial charge is 0.469 e. The molecule has 2 aromatic rings. The molecular weight excluding hydrogens is 268 g/mol. The standard InChI is InChI=1S/C16H20N2O3/c1-3-8-17-16(14-9-12(2)21-11-14)10-13-4-6-15(7-5-13)18(19)20/h4-7,9,11,16-17H,3,8,10H2,1-2H3. The van der Waals surface area contributed by atoms with E-state index < -0.39 is 0 Å². The topological polar surface area (TPSA) is 68.3 Å². The minimum absolute atomic E-state index is 0.121. The van der Waals surface area contributed by atoms with E-state index in [2.05, 4.69) is 12.2 Å². The minimum Gasteiger partial charge on any atom is -0.469 e. The van der Waals surface area contributed by atoms with Crippen molar-refractivity contribution in [2.45, 2.75) is 32.7 Å². The molecule has 0 fully saturated rings. The maximum absolute atomic E-state index is 10.7. The van der Waals surface area contributed by atoms with Gasteiger partial charge in [0.1, 0.15) is 5.76 Å². The summed E-state index contributed by atoms with van der Waals surface area (Å²) >= 11 is 0. The molecule has 112 valence electrons. The Bertz CT molecular complexity index is 590. The van der Waals surface area contributed by atoms with Crippen LogP contribution in [0.2, 0.25) is 0 Å². The maximum atomic E-state index is 10.7. The van der Waals surface area contributed by atoms with Crippen molar-refractivity contribution in [3.8, 4) is 0 Å². The van der Waals surface area contributed by atoms with Crippen LogP contribution in [-0.4, -0.2) is 11.5 Å². The Kier molecular flexibility index (Phi) is 5.11. The molecule has 0 saturated heterocycles. The van der Waals surface area contributed by atoms with E-state index in [1.165, 1.54) is 0 Å². The van der Waals surface area contributed by atoms with E-state index in [-0.39, 0.29) is 16.7 Å². The first kappa shape index (κ1) is 15.3. The summed E-state index contributed by atoms with van der Waals surface area (Å²) in [6.07, 6.45) is 3.60. The molecule has 2 rings (SSSR count). The van der Waals surface area contributed by atoms with Crippen molar-refractivity contribution in [1.82, 2.24) is 5.32 Å². The van der Waals surface area contributed by atoms with Crippen molar-refractivity contribution in [2.24, 2.45) is 0 Å². The summed E-state index contributed by atoms with van der Waals surface area (Å²) in [6.45, 7) is 4.96. The Balaban J connectivity index is 2.12. The van der Waals surface area contributed by atoms with Gasteiger partial charge >= 0.3 is 0 Å². The lowest BCUT2D eigenvalue weighted by molar-refractivity contribution is -0.384. The Hall–Kier alpha value is -2.14. The average Bonchev–Trinajstić information content (AvgIpc) is 2.90. The molecule has 1 N–H and O–H groups in total. The van der Waals surface area contributed by atoms with Crippen LogP contribution in [0.5, 0.6) is 0 Å². The predicted molar refractivity (Wildman–Crippen MR) is 81.3 cm³/mol. The minimum atomic E-state index is -0.379. The number of nitro groups is 1. The number of hydrogen-bond acceptors (Lipinski definition) is 4. The van der Waals surface area contributed by atoms with Crippen LogP contribution in [0.3, 0.4) is 0 Å². The second-order valence-corrected chi connectivity index (χ2v) is 5.13. The first-order valence-corrected chi connectivity index (χ1v) is 7.12. The van der Waals surface area contributed by atoms with Crippen LogP contribution in [0, 0.1) is 17.0 Å². The van der Waals surface area contributed by atoms with Gasteiger partial charge in [0.25, 0.3) is 5.69 Å². The smallest absolute Gasteiger partial charge is 0.269 e. The lowest BCUT2D eigenvalue weighted by Gasteiger charge is -2.17. The number of rotatable bonds is 7. The van der Waals surface area contributed by atoms with Gasteiger partial charge in [-0.15, -0.1) is 0 Å². The summed E-state index contributed by atoms with van der Waals surface area (Å²) in [5.41, 5.74) is 2.29. The number of benzene rings is 1. The van der Waals surface area contributed by atoms with Crippen LogP contribution in [-0.2, 0) is 6.42 Å². The van der Waals surface area contributed by atoms with Crippen molar-refractivity contribution in [3.05, 3.63) is 63.6 Å². The molecule has 1 heterocycles. The van der Waals surface area contributed by atoms with Gasteiger partial charge in [-0.1, -0.05) is 19.1 Å². The number of furan rings is 1. The number of non-ortho nitro benzene ring substituents is 1. The van der Waals surface area contributed by atoms with Crippen LogP contribution in [0.25, 0.3) is 0 Å². The fourth-order valence-electron chi connectivity index (χ4n) is 2.26. The zero-order valence-corrected chi connectivity index (χ0v) is 12.3. The summed E-state index contributed by atoms with van der Waals surface area (Å²) < 4.78 is 5.38. The summed E-state index contributed by atoms with van der Waals surface area (Å²) in [5, 5.41) is 14.2. The quantitative estimate of drug-likeness (QED) is 0.622. The van der Waals surface area contributed by atoms with E-state index in [1.54, 1.807) is 18.4 Å². The highest BCUT2D eigenvalue weighted by atomic mass is 16.6. The Morgan fingerprint density at radius 1 is 1.33 bits per heavy atom. The van der Waals surface area contributed by atoms with Crippen LogP contribution < -0.4 is 5.32 Å². The fraction of sp³-hybridized carbons (Fsp3) is 0.375. The van der Waals surface area contributed by atoms with Crippen molar-refractivity contribution in [2.75, 3.05) is 6.54 Å².